The molecule has 0 radical (unpaired) electrons. The molecule has 6 N–H and O–H groups in total. The zero-order valence-corrected chi connectivity index (χ0v) is 28.1. The van der Waals surface area contributed by atoms with Crippen LogP contribution in [0, 0.1) is 6.92 Å². The fourth-order valence-corrected chi connectivity index (χ4v) is 4.34. The van der Waals surface area contributed by atoms with E-state index in [-0.39, 0.29) is 42.5 Å². The minimum absolute atomic E-state index is 0. The first kappa shape index (κ1) is 40.0. The number of carbonyl (C=O) groups is 3. The van der Waals surface area contributed by atoms with Crippen LogP contribution in [0.25, 0.3) is 0 Å². The first-order valence-electron chi connectivity index (χ1n) is 14.7. The van der Waals surface area contributed by atoms with Crippen LogP contribution >= 0.6 is 24.8 Å². The Bertz CT molecular complexity index is 1430. The number of hydrogen-bond donors (Lipinski definition) is 4. The van der Waals surface area contributed by atoms with Gasteiger partial charge in [-0.3, -0.25) is 14.4 Å². The van der Waals surface area contributed by atoms with Crippen molar-refractivity contribution in [1.82, 2.24) is 5.32 Å². The summed E-state index contributed by atoms with van der Waals surface area (Å²) in [4.78, 5) is 39.8. The Morgan fingerprint density at radius 1 is 0.826 bits per heavy atom. The Balaban J connectivity index is 0.00000529. The summed E-state index contributed by atoms with van der Waals surface area (Å²) in [6, 6.07) is 17.5. The van der Waals surface area contributed by atoms with Gasteiger partial charge in [0.05, 0.1) is 37.3 Å². The highest BCUT2D eigenvalue weighted by Crippen LogP contribution is 2.32. The maximum atomic E-state index is 13.6. The summed E-state index contributed by atoms with van der Waals surface area (Å²) in [5, 5.41) is 5.69. The van der Waals surface area contributed by atoms with E-state index in [9.17, 15) is 14.4 Å². The topological polar surface area (TPSA) is 158 Å². The van der Waals surface area contributed by atoms with Gasteiger partial charge in [-0.2, -0.15) is 0 Å². The highest BCUT2D eigenvalue weighted by Gasteiger charge is 2.21. The standard InChI is InChI=1S/C33H43N5O6.2ClH/c1-23-11-14-27(30(21-23)44-19-7-6-18-36-31(39)15-17-35)38(2)33(41)24-12-13-26(29(22-24)42-3)37-32(40)25-9-4-5-10-28(25)43-20-8-16-34;;/h4-5,9-14,21-22H,6-8,15-20,34-35H2,1-3H3,(H,36,39)(H,37,40);2*1H. The molecule has 0 aromatic heterocycles. The highest BCUT2D eigenvalue weighted by molar-refractivity contribution is 6.09. The minimum atomic E-state index is -0.373. The summed E-state index contributed by atoms with van der Waals surface area (Å²) in [7, 11) is 3.15. The summed E-state index contributed by atoms with van der Waals surface area (Å²) in [5.41, 5.74) is 13.7. The van der Waals surface area contributed by atoms with E-state index in [1.807, 2.05) is 25.1 Å². The molecule has 0 bridgehead atoms. The third-order valence-electron chi connectivity index (χ3n) is 6.74. The van der Waals surface area contributed by atoms with Crippen molar-refractivity contribution in [2.45, 2.75) is 32.6 Å². The summed E-state index contributed by atoms with van der Waals surface area (Å²) in [6.45, 7) is 4.14. The van der Waals surface area contributed by atoms with E-state index in [2.05, 4.69) is 10.6 Å². The Hall–Kier alpha value is -4.03. The SMILES string of the molecule is COc1cc(C(=O)N(C)c2ccc(C)cc2OCCCCNC(=O)CCN)ccc1NC(=O)c1ccccc1OCCCN.Cl.Cl. The first-order chi connectivity index (χ1) is 21.3. The van der Waals surface area contributed by atoms with Gasteiger partial charge >= 0.3 is 0 Å². The van der Waals surface area contributed by atoms with Gasteiger partial charge in [0.25, 0.3) is 11.8 Å². The molecule has 0 unspecified atom stereocenters. The number of ether oxygens (including phenoxy) is 3. The molecule has 11 nitrogen and oxygen atoms in total. The van der Waals surface area contributed by atoms with E-state index in [1.165, 1.54) is 12.0 Å². The van der Waals surface area contributed by atoms with E-state index in [0.29, 0.717) is 85.4 Å². The summed E-state index contributed by atoms with van der Waals surface area (Å²) in [6.07, 6.45) is 2.46. The van der Waals surface area contributed by atoms with Gasteiger partial charge in [-0.05, 0) is 80.8 Å². The van der Waals surface area contributed by atoms with Crippen molar-refractivity contribution in [3.8, 4) is 17.2 Å². The smallest absolute Gasteiger partial charge is 0.259 e. The lowest BCUT2D eigenvalue weighted by Gasteiger charge is -2.22. The van der Waals surface area contributed by atoms with E-state index in [1.54, 1.807) is 49.5 Å². The largest absolute Gasteiger partial charge is 0.495 e. The molecule has 3 aromatic rings. The van der Waals surface area contributed by atoms with Crippen LogP contribution in [0.4, 0.5) is 11.4 Å². The monoisotopic (exact) mass is 677 g/mol. The average Bonchev–Trinajstić information content (AvgIpc) is 3.02. The molecule has 0 atom stereocenters. The van der Waals surface area contributed by atoms with Gasteiger partial charge in [0.15, 0.2) is 0 Å². The molecule has 252 valence electrons. The van der Waals surface area contributed by atoms with Crippen LogP contribution in [0.2, 0.25) is 0 Å². The summed E-state index contributed by atoms with van der Waals surface area (Å²) < 4.78 is 17.3. The summed E-state index contributed by atoms with van der Waals surface area (Å²) >= 11 is 0. The van der Waals surface area contributed by atoms with E-state index >= 15 is 0 Å². The first-order valence-corrected chi connectivity index (χ1v) is 14.7. The highest BCUT2D eigenvalue weighted by atomic mass is 35.5. The Morgan fingerprint density at radius 3 is 2.26 bits per heavy atom. The molecule has 3 aromatic carbocycles. The molecule has 3 amide bonds. The molecule has 13 heteroatoms. The molecule has 0 saturated carbocycles. The molecular weight excluding hydrogens is 633 g/mol. The third kappa shape index (κ3) is 11.7. The molecule has 0 fully saturated rings. The zero-order valence-electron chi connectivity index (χ0n) is 26.5. The lowest BCUT2D eigenvalue weighted by atomic mass is 10.1. The van der Waals surface area contributed by atoms with Crippen molar-refractivity contribution in [3.63, 3.8) is 0 Å². The number of halogens is 2. The van der Waals surface area contributed by atoms with Crippen molar-refractivity contribution in [2.24, 2.45) is 11.5 Å². The summed E-state index contributed by atoms with van der Waals surface area (Å²) in [5.74, 6) is 0.652. The van der Waals surface area contributed by atoms with Gasteiger partial charge in [-0.1, -0.05) is 18.2 Å². The molecule has 0 aliphatic carbocycles. The second-order valence-corrected chi connectivity index (χ2v) is 10.1. The van der Waals surface area contributed by atoms with Crippen LogP contribution in [-0.2, 0) is 4.79 Å². The lowest BCUT2D eigenvalue weighted by molar-refractivity contribution is -0.120. The molecule has 3 rings (SSSR count). The lowest BCUT2D eigenvalue weighted by Crippen LogP contribution is -2.27. The van der Waals surface area contributed by atoms with Crippen LogP contribution in [0.5, 0.6) is 17.2 Å². The maximum absolute atomic E-state index is 13.6. The van der Waals surface area contributed by atoms with E-state index in [4.69, 9.17) is 25.7 Å². The number of methoxy groups -OCH3 is 1. The van der Waals surface area contributed by atoms with Crippen molar-refractivity contribution in [3.05, 3.63) is 77.4 Å². The quantitative estimate of drug-likeness (QED) is 0.149. The van der Waals surface area contributed by atoms with Crippen LogP contribution in [0.15, 0.2) is 60.7 Å². The Morgan fingerprint density at radius 2 is 1.54 bits per heavy atom. The second-order valence-electron chi connectivity index (χ2n) is 10.1. The number of nitrogens with one attached hydrogen (secondary N) is 2. The van der Waals surface area contributed by atoms with Gasteiger partial charge in [-0.25, -0.2) is 0 Å². The number of hydrogen-bond acceptors (Lipinski definition) is 8. The molecule has 0 saturated heterocycles. The van der Waals surface area contributed by atoms with Gasteiger partial charge in [0.2, 0.25) is 5.91 Å². The number of para-hydroxylation sites is 1. The molecule has 0 aliphatic heterocycles. The van der Waals surface area contributed by atoms with Gasteiger partial charge < -0.3 is 41.2 Å². The number of benzene rings is 3. The van der Waals surface area contributed by atoms with E-state index < -0.39 is 0 Å². The number of anilines is 2. The molecule has 0 heterocycles. The van der Waals surface area contributed by atoms with Crippen LogP contribution < -0.4 is 41.2 Å². The van der Waals surface area contributed by atoms with Gasteiger partial charge in [0, 0.05) is 32.1 Å². The Labute approximate surface area is 283 Å². The molecule has 0 aliphatic rings. The number of aryl methyl sites for hydroxylation is 1. The molecule has 0 spiro atoms. The van der Waals surface area contributed by atoms with Crippen molar-refractivity contribution in [1.29, 1.82) is 0 Å². The van der Waals surface area contributed by atoms with Crippen LogP contribution in [0.3, 0.4) is 0 Å². The van der Waals surface area contributed by atoms with Crippen molar-refractivity contribution in [2.75, 3.05) is 57.2 Å². The van der Waals surface area contributed by atoms with Crippen molar-refractivity contribution < 1.29 is 28.6 Å². The average molecular weight is 679 g/mol. The number of amides is 3. The number of carbonyl (C=O) groups excluding carboxylic acids is 3. The number of nitrogens with two attached hydrogens (primary N) is 2. The normalized spacial score (nSPS) is 10.1. The van der Waals surface area contributed by atoms with Gasteiger partial charge in [-0.15, -0.1) is 24.8 Å². The van der Waals surface area contributed by atoms with Gasteiger partial charge in [0.1, 0.15) is 17.2 Å². The zero-order chi connectivity index (χ0) is 31.9. The number of unbranched alkanes of at least 4 members (excludes halogenated alkanes) is 1. The fraction of sp³-hybridized carbons (Fsp3) is 0.364. The predicted octanol–water partition coefficient (Wildman–Crippen LogP) is 4.73. The Kier molecular flexibility index (Phi) is 18.2. The predicted molar refractivity (Wildman–Crippen MR) is 186 cm³/mol. The third-order valence-corrected chi connectivity index (χ3v) is 6.74. The number of nitrogens with zero attached hydrogens (tertiary/aromatic N) is 1. The molecule has 46 heavy (non-hydrogen) atoms. The minimum Gasteiger partial charge on any atom is -0.495 e. The van der Waals surface area contributed by atoms with Crippen molar-refractivity contribution >= 4 is 53.9 Å². The fourth-order valence-electron chi connectivity index (χ4n) is 4.34. The van der Waals surface area contributed by atoms with Crippen LogP contribution in [-0.4, -0.2) is 64.7 Å². The van der Waals surface area contributed by atoms with E-state index in [0.717, 1.165) is 18.4 Å². The maximum Gasteiger partial charge on any atom is 0.259 e. The number of rotatable bonds is 17. The van der Waals surface area contributed by atoms with Crippen LogP contribution in [0.1, 0.15) is 52.0 Å². The second kappa shape index (κ2) is 20.9. The molecular formula is C33H45Cl2N5O6.